The first kappa shape index (κ1) is 16.2. The lowest BCUT2D eigenvalue weighted by atomic mass is 9.87. The van der Waals surface area contributed by atoms with Crippen LogP contribution in [0.5, 0.6) is 0 Å². The predicted octanol–water partition coefficient (Wildman–Crippen LogP) is 3.41. The molecule has 1 aromatic carbocycles. The number of fused-ring (bicyclic) bond motifs is 1. The Labute approximate surface area is 146 Å². The Morgan fingerprint density at radius 2 is 1.83 bits per heavy atom. The van der Waals surface area contributed by atoms with Gasteiger partial charge in [0.2, 0.25) is 0 Å². The topological polar surface area (TPSA) is 27.6 Å². The lowest BCUT2D eigenvalue weighted by molar-refractivity contribution is 0.349. The highest BCUT2D eigenvalue weighted by atomic mass is 28.3. The van der Waals surface area contributed by atoms with Crippen molar-refractivity contribution in [2.24, 2.45) is 10.9 Å². The van der Waals surface area contributed by atoms with Crippen LogP contribution in [0.4, 0.5) is 0 Å². The van der Waals surface area contributed by atoms with Gasteiger partial charge in [0.15, 0.2) is 0 Å². The van der Waals surface area contributed by atoms with Crippen LogP contribution in [0, 0.1) is 5.92 Å². The minimum atomic E-state index is -1.46. The summed E-state index contributed by atoms with van der Waals surface area (Å²) in [7, 11) is -1.46. The van der Waals surface area contributed by atoms with E-state index in [0.717, 1.165) is 18.6 Å². The second kappa shape index (κ2) is 6.58. The second-order valence-corrected chi connectivity index (χ2v) is 12.6. The van der Waals surface area contributed by atoms with Crippen molar-refractivity contribution in [1.82, 2.24) is 9.88 Å². The Balaban J connectivity index is 1.57. The van der Waals surface area contributed by atoms with Gasteiger partial charge in [-0.05, 0) is 35.6 Å². The molecule has 3 atom stereocenters. The summed E-state index contributed by atoms with van der Waals surface area (Å²) in [5, 5.41) is 3.50. The van der Waals surface area contributed by atoms with Gasteiger partial charge in [-0.2, -0.15) is 0 Å². The molecular weight excluding hydrogens is 310 g/mol. The molecule has 0 aromatic heterocycles. The summed E-state index contributed by atoms with van der Waals surface area (Å²) >= 11 is 0. The van der Waals surface area contributed by atoms with Gasteiger partial charge in [-0.3, -0.25) is 4.99 Å². The highest BCUT2D eigenvalue weighted by molar-refractivity contribution is 6.76. The average Bonchev–Trinajstić information content (AvgIpc) is 3.08. The summed E-state index contributed by atoms with van der Waals surface area (Å²) in [4.78, 5) is 5.00. The fourth-order valence-corrected chi connectivity index (χ4v) is 8.93. The van der Waals surface area contributed by atoms with Crippen LogP contribution in [0.2, 0.25) is 18.6 Å². The second-order valence-electron chi connectivity index (χ2n) is 7.96. The Kier molecular flexibility index (Phi) is 4.46. The fraction of sp³-hybridized carbons (Fsp3) is 0.550. The smallest absolute Gasteiger partial charge is 0.127 e. The highest BCUT2D eigenvalue weighted by Crippen LogP contribution is 2.50. The van der Waals surface area contributed by atoms with Gasteiger partial charge in [0.05, 0.1) is 6.04 Å². The molecule has 1 N–H and O–H groups in total. The number of hydrogen-bond acceptors (Lipinski definition) is 3. The van der Waals surface area contributed by atoms with E-state index in [-0.39, 0.29) is 0 Å². The molecule has 24 heavy (non-hydrogen) atoms. The van der Waals surface area contributed by atoms with Crippen molar-refractivity contribution in [2.75, 3.05) is 26.2 Å². The van der Waals surface area contributed by atoms with Gasteiger partial charge in [0, 0.05) is 38.3 Å². The van der Waals surface area contributed by atoms with Crippen LogP contribution in [-0.2, 0) is 0 Å². The van der Waals surface area contributed by atoms with Gasteiger partial charge in [0.1, 0.15) is 8.24 Å². The number of nitrogens with zero attached hydrogens (tertiary/aromatic N) is 2. The Hall–Kier alpha value is -1.23. The van der Waals surface area contributed by atoms with Crippen LogP contribution in [0.3, 0.4) is 0 Å². The van der Waals surface area contributed by atoms with Gasteiger partial charge in [-0.15, -0.1) is 0 Å². The summed E-state index contributed by atoms with van der Waals surface area (Å²) in [6, 6.07) is 11.4. The first-order chi connectivity index (χ1) is 11.7. The molecule has 3 aliphatic rings. The number of dihydropyridines is 1. The van der Waals surface area contributed by atoms with Gasteiger partial charge in [-0.1, -0.05) is 43.4 Å². The Morgan fingerprint density at radius 1 is 1.08 bits per heavy atom. The van der Waals surface area contributed by atoms with Crippen molar-refractivity contribution in [3.63, 3.8) is 0 Å². The highest BCUT2D eigenvalue weighted by Gasteiger charge is 2.49. The number of nitrogens with one attached hydrogen (secondary N) is 1. The third-order valence-electron chi connectivity index (χ3n) is 6.47. The zero-order chi connectivity index (χ0) is 16.6. The van der Waals surface area contributed by atoms with Crippen molar-refractivity contribution in [3.8, 4) is 0 Å². The molecule has 0 spiro atoms. The van der Waals surface area contributed by atoms with E-state index >= 15 is 0 Å². The molecule has 128 valence electrons. The number of allylic oxidation sites excluding steroid dienone is 1. The Bertz CT molecular complexity index is 632. The van der Waals surface area contributed by atoms with E-state index in [2.05, 4.69) is 65.6 Å². The van der Waals surface area contributed by atoms with Gasteiger partial charge >= 0.3 is 0 Å². The van der Waals surface area contributed by atoms with Crippen molar-refractivity contribution < 1.29 is 0 Å². The fourth-order valence-electron chi connectivity index (χ4n) is 5.06. The molecule has 2 aliphatic heterocycles. The third kappa shape index (κ3) is 2.81. The first-order valence-corrected chi connectivity index (χ1v) is 12.4. The van der Waals surface area contributed by atoms with Gasteiger partial charge in [0.25, 0.3) is 0 Å². The van der Waals surface area contributed by atoms with Crippen molar-refractivity contribution in [3.05, 3.63) is 42.0 Å². The first-order valence-electron chi connectivity index (χ1n) is 9.42. The molecule has 2 heterocycles. The Morgan fingerprint density at radius 3 is 2.58 bits per heavy atom. The van der Waals surface area contributed by atoms with Crippen LogP contribution in [-0.4, -0.2) is 51.2 Å². The zero-order valence-corrected chi connectivity index (χ0v) is 15.9. The molecule has 1 aliphatic carbocycles. The number of rotatable bonds is 3. The standard InChI is InChI=1S/C20H29N3Si/c1-24(2,23-14-12-21-13-15-23)19-9-8-18-17(10-11-22-20(18)19)16-6-4-3-5-7-16/h3-7,10-11,18-21H,8-9,12-15H2,1-2H3. The van der Waals surface area contributed by atoms with E-state index in [1.165, 1.54) is 37.1 Å². The molecule has 0 bridgehead atoms. The molecule has 1 saturated heterocycles. The molecular formula is C20H29N3Si. The summed E-state index contributed by atoms with van der Waals surface area (Å²) < 4.78 is 2.83. The minimum Gasteiger partial charge on any atom is -0.321 e. The number of piperazine rings is 1. The van der Waals surface area contributed by atoms with E-state index in [0.29, 0.717) is 12.0 Å². The van der Waals surface area contributed by atoms with Crippen LogP contribution in [0.1, 0.15) is 18.4 Å². The zero-order valence-electron chi connectivity index (χ0n) is 14.9. The number of aliphatic imine (C=N–C) groups is 1. The van der Waals surface area contributed by atoms with Gasteiger partial charge in [-0.25, -0.2) is 0 Å². The van der Waals surface area contributed by atoms with Crippen molar-refractivity contribution in [2.45, 2.75) is 37.5 Å². The number of benzene rings is 1. The summed E-state index contributed by atoms with van der Waals surface area (Å²) in [5.41, 5.74) is 3.69. The largest absolute Gasteiger partial charge is 0.321 e. The van der Waals surface area contributed by atoms with E-state index < -0.39 is 8.24 Å². The third-order valence-corrected chi connectivity index (χ3v) is 11.0. The summed E-state index contributed by atoms with van der Waals surface area (Å²) in [5.74, 6) is 0.622. The molecule has 0 radical (unpaired) electrons. The van der Waals surface area contributed by atoms with Crippen LogP contribution < -0.4 is 5.32 Å². The molecule has 1 saturated carbocycles. The molecule has 4 heteroatoms. The van der Waals surface area contributed by atoms with Crippen LogP contribution in [0.15, 0.2) is 41.4 Å². The minimum absolute atomic E-state index is 0.502. The molecule has 0 amide bonds. The number of hydrogen-bond donors (Lipinski definition) is 1. The van der Waals surface area contributed by atoms with Crippen molar-refractivity contribution >= 4 is 20.0 Å². The molecule has 1 aromatic rings. The maximum Gasteiger partial charge on any atom is 0.127 e. The maximum absolute atomic E-state index is 5.00. The van der Waals surface area contributed by atoms with E-state index in [1.807, 2.05) is 0 Å². The molecule has 3 unspecified atom stereocenters. The normalized spacial score (nSPS) is 30.9. The molecule has 2 fully saturated rings. The molecule has 4 rings (SSSR count). The SMILES string of the molecule is C[Si](C)(C1CCC2C(c3ccccc3)=CC=NC21)N1CCNCC1. The van der Waals surface area contributed by atoms with Crippen LogP contribution >= 0.6 is 0 Å². The quantitative estimate of drug-likeness (QED) is 0.855. The lowest BCUT2D eigenvalue weighted by Gasteiger charge is -2.45. The van der Waals surface area contributed by atoms with E-state index in [9.17, 15) is 0 Å². The van der Waals surface area contributed by atoms with Crippen molar-refractivity contribution in [1.29, 1.82) is 0 Å². The summed E-state index contributed by atoms with van der Waals surface area (Å²) in [6.07, 6.45) is 7.00. The monoisotopic (exact) mass is 339 g/mol. The lowest BCUT2D eigenvalue weighted by Crippen LogP contribution is -2.60. The van der Waals surface area contributed by atoms with E-state index in [4.69, 9.17) is 4.99 Å². The average molecular weight is 340 g/mol. The van der Waals surface area contributed by atoms with E-state index in [1.54, 1.807) is 0 Å². The van der Waals surface area contributed by atoms with Crippen LogP contribution in [0.25, 0.3) is 5.57 Å². The maximum atomic E-state index is 5.00. The summed E-state index contributed by atoms with van der Waals surface area (Å²) in [6.45, 7) is 9.91. The van der Waals surface area contributed by atoms with Gasteiger partial charge < -0.3 is 9.88 Å². The predicted molar refractivity (Wildman–Crippen MR) is 105 cm³/mol. The molecule has 3 nitrogen and oxygen atoms in total.